The minimum atomic E-state index is -2.04. The van der Waals surface area contributed by atoms with Gasteiger partial charge >= 0.3 is 17.8 Å². The average molecular weight is 477 g/mol. The molecule has 184 valence electrons. The number of carboxylic acid groups (broad SMARTS) is 1. The van der Waals surface area contributed by atoms with Crippen molar-refractivity contribution in [2.75, 3.05) is 6.61 Å². The SMILES string of the molecule is NC(=O)OCC(O)C(O)C(N)C(=O)NC(C(=O)O)[C@H]1O[C@@H](n2ccc(=O)[nH]c2=O)[C@H](O)[C@@H]1O. The lowest BCUT2D eigenvalue weighted by atomic mass is 10.0. The van der Waals surface area contributed by atoms with Gasteiger partial charge in [-0.2, -0.15) is 0 Å². The number of aromatic nitrogens is 2. The van der Waals surface area contributed by atoms with Gasteiger partial charge < -0.3 is 51.8 Å². The zero-order valence-corrected chi connectivity index (χ0v) is 16.7. The smallest absolute Gasteiger partial charge is 0.404 e. The van der Waals surface area contributed by atoms with Gasteiger partial charge in [0.2, 0.25) is 5.91 Å². The van der Waals surface area contributed by atoms with E-state index in [0.29, 0.717) is 4.57 Å². The monoisotopic (exact) mass is 477 g/mol. The average Bonchev–Trinajstić information content (AvgIpc) is 3.03. The molecule has 33 heavy (non-hydrogen) atoms. The van der Waals surface area contributed by atoms with E-state index < -0.39 is 84.7 Å². The van der Waals surface area contributed by atoms with Crippen LogP contribution in [0, 0.1) is 0 Å². The number of aliphatic hydroxyl groups is 4. The third-order valence-corrected chi connectivity index (χ3v) is 4.75. The second-order valence-electron chi connectivity index (χ2n) is 7.03. The highest BCUT2D eigenvalue weighted by atomic mass is 16.6. The van der Waals surface area contributed by atoms with Crippen LogP contribution in [0.1, 0.15) is 6.23 Å². The lowest BCUT2D eigenvalue weighted by molar-refractivity contribution is -0.150. The van der Waals surface area contributed by atoms with Crippen molar-refractivity contribution in [1.82, 2.24) is 14.9 Å². The summed E-state index contributed by atoms with van der Waals surface area (Å²) < 4.78 is 10.3. The molecule has 1 aromatic heterocycles. The Morgan fingerprint density at radius 3 is 2.42 bits per heavy atom. The van der Waals surface area contributed by atoms with Gasteiger partial charge in [-0.05, 0) is 0 Å². The van der Waals surface area contributed by atoms with Gasteiger partial charge in [0, 0.05) is 12.3 Å². The van der Waals surface area contributed by atoms with Crippen molar-refractivity contribution in [3.8, 4) is 0 Å². The Balaban J connectivity index is 2.16. The number of carbonyl (C=O) groups is 3. The van der Waals surface area contributed by atoms with Crippen LogP contribution in [0.25, 0.3) is 0 Å². The number of nitrogens with one attached hydrogen (secondary N) is 2. The third-order valence-electron chi connectivity index (χ3n) is 4.75. The van der Waals surface area contributed by atoms with Gasteiger partial charge in [-0.3, -0.25) is 19.1 Å². The zero-order chi connectivity index (χ0) is 25.0. The maximum atomic E-state index is 12.3. The number of rotatable bonds is 9. The highest BCUT2D eigenvalue weighted by molar-refractivity contribution is 5.87. The van der Waals surface area contributed by atoms with E-state index in [1.165, 1.54) is 0 Å². The molecule has 0 aromatic carbocycles. The standard InChI is InChI=1S/C16H23N5O12/c17-6(8(24)4(22)3-32-15(18)30)12(27)20-7(14(28)29)11-9(25)10(26)13(33-11)21-2-1-5(23)19-16(21)31/h1-2,4,6-11,13,22,24-26H,3,17H2,(H2,18,30)(H,20,27)(H,28,29)(H,19,23,31)/t4?,6?,7?,8?,9-,10+,11+,13+/m0/s1. The van der Waals surface area contributed by atoms with E-state index >= 15 is 0 Å². The van der Waals surface area contributed by atoms with Crippen molar-refractivity contribution < 1.29 is 49.4 Å². The molecule has 17 nitrogen and oxygen atoms in total. The number of aromatic amines is 1. The Morgan fingerprint density at radius 1 is 1.24 bits per heavy atom. The van der Waals surface area contributed by atoms with Crippen LogP contribution in [0.4, 0.5) is 4.79 Å². The summed E-state index contributed by atoms with van der Waals surface area (Å²) in [4.78, 5) is 59.6. The van der Waals surface area contributed by atoms with E-state index in [2.05, 4.69) is 4.74 Å². The van der Waals surface area contributed by atoms with Crippen LogP contribution in [-0.2, 0) is 19.1 Å². The maximum Gasteiger partial charge on any atom is 0.404 e. The van der Waals surface area contributed by atoms with E-state index in [0.717, 1.165) is 12.3 Å². The molecule has 1 fully saturated rings. The van der Waals surface area contributed by atoms with Crippen LogP contribution in [0.2, 0.25) is 0 Å². The summed E-state index contributed by atoms with van der Waals surface area (Å²) in [6, 6.07) is -3.05. The number of nitrogens with two attached hydrogens (primary N) is 2. The molecule has 0 saturated carbocycles. The Bertz CT molecular complexity index is 995. The van der Waals surface area contributed by atoms with E-state index in [-0.39, 0.29) is 0 Å². The molecule has 2 heterocycles. The molecule has 17 heteroatoms. The maximum absolute atomic E-state index is 12.3. The first-order valence-corrected chi connectivity index (χ1v) is 9.25. The van der Waals surface area contributed by atoms with E-state index in [1.807, 2.05) is 10.3 Å². The molecule has 1 aliphatic rings. The number of aliphatic carboxylic acids is 1. The Kier molecular flexibility index (Phi) is 8.25. The normalized spacial score (nSPS) is 26.1. The highest BCUT2D eigenvalue weighted by Gasteiger charge is 2.50. The number of ether oxygens (including phenoxy) is 2. The van der Waals surface area contributed by atoms with Gasteiger partial charge in [0.25, 0.3) is 5.56 Å². The Hall–Kier alpha value is -3.35. The van der Waals surface area contributed by atoms with Gasteiger partial charge in [0.05, 0.1) is 0 Å². The first-order valence-electron chi connectivity index (χ1n) is 9.25. The number of hydrogen-bond acceptors (Lipinski definition) is 12. The molecule has 2 rings (SSSR count). The van der Waals surface area contributed by atoms with Gasteiger partial charge in [-0.15, -0.1) is 0 Å². The number of carbonyl (C=O) groups excluding carboxylic acids is 2. The topological polar surface area (TPSA) is 290 Å². The largest absolute Gasteiger partial charge is 0.480 e. The van der Waals surface area contributed by atoms with Crippen molar-refractivity contribution in [2.24, 2.45) is 11.5 Å². The third kappa shape index (κ3) is 5.92. The summed E-state index contributed by atoms with van der Waals surface area (Å²) in [5.41, 5.74) is 8.45. The molecule has 1 aromatic rings. The number of carboxylic acids is 1. The number of primary amides is 1. The van der Waals surface area contributed by atoms with E-state index in [4.69, 9.17) is 16.2 Å². The van der Waals surface area contributed by atoms with Crippen molar-refractivity contribution in [3.63, 3.8) is 0 Å². The lowest BCUT2D eigenvalue weighted by Crippen LogP contribution is -2.60. The second kappa shape index (κ2) is 10.5. The molecule has 2 amide bonds. The molecule has 0 radical (unpaired) electrons. The van der Waals surface area contributed by atoms with Gasteiger partial charge in [-0.25, -0.2) is 14.4 Å². The highest BCUT2D eigenvalue weighted by Crippen LogP contribution is 2.30. The number of H-pyrrole nitrogens is 1. The van der Waals surface area contributed by atoms with Gasteiger partial charge in [0.1, 0.15) is 43.2 Å². The molecule has 4 unspecified atom stereocenters. The fourth-order valence-corrected chi connectivity index (χ4v) is 3.01. The molecular weight excluding hydrogens is 454 g/mol. The molecule has 11 N–H and O–H groups in total. The quantitative estimate of drug-likeness (QED) is 0.160. The summed E-state index contributed by atoms with van der Waals surface area (Å²) in [7, 11) is 0. The van der Waals surface area contributed by atoms with Crippen molar-refractivity contribution in [2.45, 2.75) is 48.8 Å². The van der Waals surface area contributed by atoms with Crippen molar-refractivity contribution in [1.29, 1.82) is 0 Å². The minimum Gasteiger partial charge on any atom is -0.480 e. The number of amides is 2. The first-order chi connectivity index (χ1) is 15.3. The molecule has 0 aliphatic carbocycles. The Morgan fingerprint density at radius 2 is 1.88 bits per heavy atom. The summed E-state index contributed by atoms with van der Waals surface area (Å²) in [6.45, 7) is -0.813. The number of hydrogen-bond donors (Lipinski definition) is 9. The predicted octanol–water partition coefficient (Wildman–Crippen LogP) is -6.13. The molecule has 0 spiro atoms. The summed E-state index contributed by atoms with van der Waals surface area (Å²) in [6.07, 6.45) is -11.4. The van der Waals surface area contributed by atoms with Crippen LogP contribution in [0.3, 0.4) is 0 Å². The number of aliphatic hydroxyl groups excluding tert-OH is 4. The van der Waals surface area contributed by atoms with Crippen LogP contribution >= 0.6 is 0 Å². The molecule has 0 bridgehead atoms. The second-order valence-corrected chi connectivity index (χ2v) is 7.03. The van der Waals surface area contributed by atoms with Crippen LogP contribution in [0.15, 0.2) is 21.9 Å². The number of nitrogens with zero attached hydrogens (tertiary/aromatic N) is 1. The van der Waals surface area contributed by atoms with Gasteiger partial charge in [0.15, 0.2) is 12.3 Å². The fourth-order valence-electron chi connectivity index (χ4n) is 3.01. The van der Waals surface area contributed by atoms with Crippen molar-refractivity contribution >= 4 is 18.0 Å². The summed E-state index contributed by atoms with van der Waals surface area (Å²) in [5.74, 6) is -3.06. The van der Waals surface area contributed by atoms with E-state index in [9.17, 15) is 49.5 Å². The fraction of sp³-hybridized carbons (Fsp3) is 0.562. The zero-order valence-electron chi connectivity index (χ0n) is 16.7. The van der Waals surface area contributed by atoms with Crippen molar-refractivity contribution in [3.05, 3.63) is 33.1 Å². The van der Waals surface area contributed by atoms with E-state index in [1.54, 1.807) is 0 Å². The summed E-state index contributed by atoms with van der Waals surface area (Å²) >= 11 is 0. The Labute approximate surface area is 183 Å². The lowest BCUT2D eigenvalue weighted by Gasteiger charge is -2.27. The molecule has 1 saturated heterocycles. The van der Waals surface area contributed by atoms with Gasteiger partial charge in [-0.1, -0.05) is 0 Å². The first kappa shape index (κ1) is 25.9. The van der Waals surface area contributed by atoms with Crippen LogP contribution in [0.5, 0.6) is 0 Å². The predicted molar refractivity (Wildman–Crippen MR) is 102 cm³/mol. The summed E-state index contributed by atoms with van der Waals surface area (Å²) in [5, 5.41) is 51.5. The molecule has 1 aliphatic heterocycles. The molecule has 8 atom stereocenters. The van der Waals surface area contributed by atoms with Crippen LogP contribution in [-0.4, -0.2) is 102 Å². The minimum absolute atomic E-state index is 0.695. The molecular formula is C16H23N5O12. The van der Waals surface area contributed by atoms with Crippen LogP contribution < -0.4 is 28.0 Å².